The lowest BCUT2D eigenvalue weighted by Gasteiger charge is -2.05. The normalized spacial score (nSPS) is 10.6. The highest BCUT2D eigenvalue weighted by molar-refractivity contribution is 9.10. The first-order valence-corrected chi connectivity index (χ1v) is 6.91. The second-order valence-corrected chi connectivity index (χ2v) is 4.90. The molecular weight excluding hydrogens is 338 g/mol. The molecule has 3 N–H and O–H groups in total. The van der Waals surface area contributed by atoms with Crippen LogP contribution < -0.4 is 10.6 Å². The molecule has 1 aromatic rings. The molecule has 6 nitrogen and oxygen atoms in total. The molecule has 1 amide bonds. The molecule has 0 saturated carbocycles. The largest absolute Gasteiger partial charge is 0.481 e. The van der Waals surface area contributed by atoms with Gasteiger partial charge in [0.15, 0.2) is 0 Å². The second-order valence-electron chi connectivity index (χ2n) is 4.04. The number of nitrogens with one attached hydrogen (secondary N) is 2. The third kappa shape index (κ3) is 6.10. The van der Waals surface area contributed by atoms with E-state index in [4.69, 9.17) is 10.4 Å². The molecule has 0 unspecified atom stereocenters. The SMILES string of the molecule is N#C/C(=C/NCc1ccccc1Br)C(=O)NCCC(=O)O. The average molecular weight is 352 g/mol. The van der Waals surface area contributed by atoms with Crippen LogP contribution in [0.1, 0.15) is 12.0 Å². The number of nitrogens with zero attached hydrogens (tertiary/aromatic N) is 1. The number of nitriles is 1. The van der Waals surface area contributed by atoms with Crippen LogP contribution in [0, 0.1) is 11.3 Å². The number of aliphatic carboxylic acids is 1. The molecule has 0 heterocycles. The van der Waals surface area contributed by atoms with Crippen LogP contribution in [-0.2, 0) is 16.1 Å². The number of carbonyl (C=O) groups excluding carboxylic acids is 1. The fraction of sp³-hybridized carbons (Fsp3) is 0.214. The van der Waals surface area contributed by atoms with Crippen molar-refractivity contribution in [2.45, 2.75) is 13.0 Å². The minimum atomic E-state index is -1.01. The van der Waals surface area contributed by atoms with Crippen LogP contribution in [-0.4, -0.2) is 23.5 Å². The highest BCUT2D eigenvalue weighted by Crippen LogP contribution is 2.15. The summed E-state index contributed by atoms with van der Waals surface area (Å²) < 4.78 is 0.926. The monoisotopic (exact) mass is 351 g/mol. The summed E-state index contributed by atoms with van der Waals surface area (Å²) in [5, 5.41) is 22.6. The topological polar surface area (TPSA) is 102 Å². The van der Waals surface area contributed by atoms with Gasteiger partial charge in [-0.25, -0.2) is 0 Å². The molecule has 0 aliphatic rings. The molecule has 0 aliphatic carbocycles. The van der Waals surface area contributed by atoms with E-state index in [1.807, 2.05) is 24.3 Å². The molecule has 21 heavy (non-hydrogen) atoms. The Kier molecular flexibility index (Phi) is 6.98. The van der Waals surface area contributed by atoms with Crippen LogP contribution in [0.3, 0.4) is 0 Å². The molecule has 0 fully saturated rings. The molecule has 0 bridgehead atoms. The van der Waals surface area contributed by atoms with Crippen molar-refractivity contribution in [1.82, 2.24) is 10.6 Å². The van der Waals surface area contributed by atoms with E-state index in [1.54, 1.807) is 6.07 Å². The van der Waals surface area contributed by atoms with Crippen LogP contribution in [0.4, 0.5) is 0 Å². The Bertz CT molecular complexity index is 593. The number of amides is 1. The molecule has 0 spiro atoms. The summed E-state index contributed by atoms with van der Waals surface area (Å²) in [6, 6.07) is 9.34. The van der Waals surface area contributed by atoms with Crippen LogP contribution in [0.25, 0.3) is 0 Å². The third-order valence-electron chi connectivity index (χ3n) is 2.49. The number of benzene rings is 1. The van der Waals surface area contributed by atoms with E-state index >= 15 is 0 Å². The minimum absolute atomic E-state index is 0.0164. The zero-order chi connectivity index (χ0) is 15.7. The maximum atomic E-state index is 11.6. The average Bonchev–Trinajstić information content (AvgIpc) is 2.45. The van der Waals surface area contributed by atoms with Crippen molar-refractivity contribution in [3.63, 3.8) is 0 Å². The van der Waals surface area contributed by atoms with Crippen molar-refractivity contribution in [1.29, 1.82) is 5.26 Å². The quantitative estimate of drug-likeness (QED) is 0.510. The van der Waals surface area contributed by atoms with Crippen molar-refractivity contribution in [2.75, 3.05) is 6.54 Å². The standard InChI is InChI=1S/C14H14BrN3O3/c15-12-4-2-1-3-10(12)8-17-9-11(7-16)14(21)18-6-5-13(19)20/h1-4,9,17H,5-6,8H2,(H,18,21)(H,19,20)/b11-9-. The van der Waals surface area contributed by atoms with Gasteiger partial charge < -0.3 is 15.7 Å². The third-order valence-corrected chi connectivity index (χ3v) is 3.26. The maximum Gasteiger partial charge on any atom is 0.305 e. The summed E-state index contributed by atoms with van der Waals surface area (Å²) in [5.74, 6) is -1.61. The Hall–Kier alpha value is -2.33. The van der Waals surface area contributed by atoms with Gasteiger partial charge in [0.1, 0.15) is 11.6 Å². The molecule has 1 rings (SSSR count). The summed E-state index contributed by atoms with van der Waals surface area (Å²) in [6.45, 7) is 0.437. The van der Waals surface area contributed by atoms with Gasteiger partial charge in [0.25, 0.3) is 5.91 Å². The number of hydrogen-bond donors (Lipinski definition) is 3. The summed E-state index contributed by atoms with van der Waals surface area (Å²) in [7, 11) is 0. The van der Waals surface area contributed by atoms with E-state index in [-0.39, 0.29) is 18.5 Å². The number of hydrogen-bond acceptors (Lipinski definition) is 4. The number of rotatable bonds is 7. The predicted octanol–water partition coefficient (Wildman–Crippen LogP) is 1.54. The van der Waals surface area contributed by atoms with Crippen LogP contribution >= 0.6 is 15.9 Å². The number of carboxylic acid groups (broad SMARTS) is 1. The maximum absolute atomic E-state index is 11.6. The number of halogens is 1. The van der Waals surface area contributed by atoms with Gasteiger partial charge in [-0.3, -0.25) is 9.59 Å². The lowest BCUT2D eigenvalue weighted by molar-refractivity contribution is -0.136. The smallest absolute Gasteiger partial charge is 0.305 e. The Balaban J connectivity index is 2.52. The van der Waals surface area contributed by atoms with E-state index in [2.05, 4.69) is 26.6 Å². The fourth-order valence-corrected chi connectivity index (χ4v) is 1.86. The fourth-order valence-electron chi connectivity index (χ4n) is 1.43. The lowest BCUT2D eigenvalue weighted by Crippen LogP contribution is -2.27. The number of carbonyl (C=O) groups is 2. The van der Waals surface area contributed by atoms with Crippen molar-refractivity contribution >= 4 is 27.8 Å². The van der Waals surface area contributed by atoms with Gasteiger partial charge in [-0.05, 0) is 11.6 Å². The first kappa shape index (κ1) is 16.7. The Labute approximate surface area is 130 Å². The summed E-state index contributed by atoms with van der Waals surface area (Å²) in [6.07, 6.45) is 1.13. The zero-order valence-corrected chi connectivity index (χ0v) is 12.7. The van der Waals surface area contributed by atoms with Gasteiger partial charge in [0.05, 0.1) is 6.42 Å². The summed E-state index contributed by atoms with van der Waals surface area (Å²) in [5.41, 5.74) is 0.879. The van der Waals surface area contributed by atoms with Crippen molar-refractivity contribution < 1.29 is 14.7 Å². The first-order valence-electron chi connectivity index (χ1n) is 6.11. The van der Waals surface area contributed by atoms with Gasteiger partial charge in [-0.2, -0.15) is 5.26 Å². The molecule has 0 radical (unpaired) electrons. The summed E-state index contributed by atoms with van der Waals surface area (Å²) >= 11 is 3.40. The van der Waals surface area contributed by atoms with Crippen molar-refractivity contribution in [3.05, 3.63) is 46.1 Å². The van der Waals surface area contributed by atoms with Crippen LogP contribution in [0.5, 0.6) is 0 Å². The van der Waals surface area contributed by atoms with Gasteiger partial charge in [0, 0.05) is 23.8 Å². The van der Waals surface area contributed by atoms with Crippen LogP contribution in [0.15, 0.2) is 40.5 Å². The van der Waals surface area contributed by atoms with Crippen molar-refractivity contribution in [3.8, 4) is 6.07 Å². The highest BCUT2D eigenvalue weighted by atomic mass is 79.9. The number of carboxylic acids is 1. The lowest BCUT2D eigenvalue weighted by atomic mass is 10.2. The van der Waals surface area contributed by atoms with Gasteiger partial charge in [0.2, 0.25) is 0 Å². The van der Waals surface area contributed by atoms with E-state index in [0.717, 1.165) is 10.0 Å². The molecule has 0 saturated heterocycles. The predicted molar refractivity (Wildman–Crippen MR) is 79.9 cm³/mol. The Morgan fingerprint density at radius 2 is 2.10 bits per heavy atom. The van der Waals surface area contributed by atoms with Crippen LogP contribution in [0.2, 0.25) is 0 Å². The molecule has 110 valence electrons. The van der Waals surface area contributed by atoms with E-state index < -0.39 is 11.9 Å². The van der Waals surface area contributed by atoms with Gasteiger partial charge >= 0.3 is 5.97 Å². The Morgan fingerprint density at radius 1 is 1.38 bits per heavy atom. The second kappa shape index (κ2) is 8.76. The minimum Gasteiger partial charge on any atom is -0.481 e. The summed E-state index contributed by atoms with van der Waals surface area (Å²) in [4.78, 5) is 22.0. The van der Waals surface area contributed by atoms with Crippen molar-refractivity contribution in [2.24, 2.45) is 0 Å². The van der Waals surface area contributed by atoms with E-state index in [0.29, 0.717) is 6.54 Å². The van der Waals surface area contributed by atoms with E-state index in [9.17, 15) is 9.59 Å². The van der Waals surface area contributed by atoms with Gasteiger partial charge in [-0.1, -0.05) is 34.1 Å². The highest BCUT2D eigenvalue weighted by Gasteiger charge is 2.08. The molecular formula is C14H14BrN3O3. The molecule has 0 aromatic heterocycles. The molecule has 0 aliphatic heterocycles. The Morgan fingerprint density at radius 3 is 2.71 bits per heavy atom. The molecule has 1 aromatic carbocycles. The van der Waals surface area contributed by atoms with E-state index in [1.165, 1.54) is 6.20 Å². The molecule has 0 atom stereocenters. The molecule has 7 heteroatoms. The first-order chi connectivity index (χ1) is 10.0. The van der Waals surface area contributed by atoms with Gasteiger partial charge in [-0.15, -0.1) is 0 Å². The zero-order valence-electron chi connectivity index (χ0n) is 11.1.